The van der Waals surface area contributed by atoms with Crippen LogP contribution in [0.5, 0.6) is 0 Å². The van der Waals surface area contributed by atoms with Crippen molar-refractivity contribution < 1.29 is 33.0 Å². The molecule has 4 aromatic rings. The topological polar surface area (TPSA) is 145 Å². The Kier molecular flexibility index (Phi) is 13.3. The molecule has 0 radical (unpaired) electrons. The van der Waals surface area contributed by atoms with E-state index in [1.807, 2.05) is 74.5 Å². The van der Waals surface area contributed by atoms with Crippen LogP contribution in [-0.2, 0) is 32.7 Å². The van der Waals surface area contributed by atoms with Gasteiger partial charge in [0.25, 0.3) is 0 Å². The number of benzene rings is 3. The second-order valence-electron chi connectivity index (χ2n) is 11.7. The molecule has 2 amide bonds. The van der Waals surface area contributed by atoms with E-state index in [0.29, 0.717) is 16.9 Å². The Balaban J connectivity index is 1.59. The van der Waals surface area contributed by atoms with Crippen LogP contribution in [0.2, 0.25) is 0 Å². The number of rotatable bonds is 16. The molecule has 48 heavy (non-hydrogen) atoms. The Labute approximate surface area is 286 Å². The first kappa shape index (κ1) is 36.8. The summed E-state index contributed by atoms with van der Waals surface area (Å²) >= 11 is 1.29. The number of nitrogens with zero attached hydrogens (tertiary/aromatic N) is 1. The normalized spacial score (nSPS) is 13.0. The average Bonchev–Trinajstić information content (AvgIpc) is 3.58. The predicted octanol–water partition coefficient (Wildman–Crippen LogP) is 5.18. The molecule has 4 N–H and O–H groups in total. The van der Waals surface area contributed by atoms with Gasteiger partial charge in [0.1, 0.15) is 6.04 Å². The van der Waals surface area contributed by atoms with Crippen molar-refractivity contribution in [3.63, 3.8) is 0 Å². The summed E-state index contributed by atoms with van der Waals surface area (Å²) in [6, 6.07) is 26.6. The number of ether oxygens (including phenoxy) is 1. The number of methoxy groups -OCH3 is 1. The minimum absolute atomic E-state index is 0.0708. The van der Waals surface area contributed by atoms with E-state index in [4.69, 9.17) is 4.74 Å². The van der Waals surface area contributed by atoms with Crippen LogP contribution in [0.15, 0.2) is 102 Å². The Morgan fingerprint density at radius 2 is 1.48 bits per heavy atom. The maximum Gasteiger partial charge on any atom is 0.407 e. The molecular formula is C36H43N3O7S2. The van der Waals surface area contributed by atoms with Gasteiger partial charge >= 0.3 is 6.09 Å². The van der Waals surface area contributed by atoms with E-state index in [0.717, 1.165) is 16.0 Å². The lowest BCUT2D eigenvalue weighted by Crippen LogP contribution is -2.50. The summed E-state index contributed by atoms with van der Waals surface area (Å²) in [7, 11) is -2.77. The van der Waals surface area contributed by atoms with Crippen molar-refractivity contribution in [2.24, 2.45) is 5.92 Å². The summed E-state index contributed by atoms with van der Waals surface area (Å²) in [6.07, 6.45) is -0.165. The number of alkyl carbamates (subject to hydrolysis) is 1. The maximum atomic E-state index is 13.9. The molecule has 0 aliphatic carbocycles. The van der Waals surface area contributed by atoms with Crippen LogP contribution in [-0.4, -0.2) is 61.2 Å². The van der Waals surface area contributed by atoms with Crippen molar-refractivity contribution >= 4 is 33.4 Å². The van der Waals surface area contributed by atoms with Crippen molar-refractivity contribution in [2.75, 3.05) is 20.3 Å². The minimum Gasteiger partial charge on any atom is -0.453 e. The highest BCUT2D eigenvalue weighted by Crippen LogP contribution is 2.33. The molecule has 12 heteroatoms. The van der Waals surface area contributed by atoms with Crippen molar-refractivity contribution in [3.8, 4) is 0 Å². The summed E-state index contributed by atoms with van der Waals surface area (Å²) in [5, 5.41) is 25.6. The molecule has 0 aliphatic heterocycles. The SMILES string of the molecule is COC(=O)N[C@H](C(=O)NCc1ccc(C(CO)N(CCC(C)C)S(=O)(=O)c2ccc(CO)cc2)s1)C(c1ccccc1)c1ccccc1. The fourth-order valence-electron chi connectivity index (χ4n) is 5.39. The number of aliphatic hydroxyl groups excluding tert-OH is 2. The number of carbonyl (C=O) groups is 2. The third-order valence-electron chi connectivity index (χ3n) is 8.00. The van der Waals surface area contributed by atoms with Gasteiger partial charge in [0.2, 0.25) is 15.9 Å². The highest BCUT2D eigenvalue weighted by Gasteiger charge is 2.34. The standard InChI is InChI=1S/C36H43N3O7S2/c1-25(2)20-21-39(48(44,45)30-17-14-26(23-40)15-18-30)31(24-41)32-19-16-29(47-32)22-37-35(42)34(38-36(43)46-3)33(27-10-6-4-7-11-27)28-12-8-5-9-13-28/h4-19,25,31,33-34,40-41H,20-24H2,1-3H3,(H,37,42)(H,38,43)/t31?,34-/m0/s1. The number of thiophene rings is 1. The Hall–Kier alpha value is -4.07. The zero-order chi connectivity index (χ0) is 34.7. The lowest BCUT2D eigenvalue weighted by atomic mass is 9.84. The van der Waals surface area contributed by atoms with Crippen molar-refractivity contribution in [3.05, 3.63) is 124 Å². The van der Waals surface area contributed by atoms with Gasteiger partial charge in [-0.25, -0.2) is 13.2 Å². The molecule has 1 aromatic heterocycles. The molecule has 4 rings (SSSR count). The highest BCUT2D eigenvalue weighted by atomic mass is 32.2. The number of hydrogen-bond donors (Lipinski definition) is 4. The summed E-state index contributed by atoms with van der Waals surface area (Å²) in [6.45, 7) is 3.66. The summed E-state index contributed by atoms with van der Waals surface area (Å²) in [5.74, 6) is -0.732. The molecule has 0 fully saturated rings. The lowest BCUT2D eigenvalue weighted by Gasteiger charge is -2.30. The van der Waals surface area contributed by atoms with Crippen LogP contribution in [0.3, 0.4) is 0 Å². The van der Waals surface area contributed by atoms with Gasteiger partial charge in [-0.15, -0.1) is 11.3 Å². The van der Waals surface area contributed by atoms with E-state index in [1.165, 1.54) is 34.9 Å². The van der Waals surface area contributed by atoms with Crippen molar-refractivity contribution in [2.45, 2.75) is 56.3 Å². The first-order valence-corrected chi connectivity index (χ1v) is 18.0. The van der Waals surface area contributed by atoms with Gasteiger partial charge in [-0.2, -0.15) is 4.31 Å². The van der Waals surface area contributed by atoms with Crippen LogP contribution in [0.25, 0.3) is 0 Å². The summed E-state index contributed by atoms with van der Waals surface area (Å²) in [4.78, 5) is 27.7. The molecule has 256 valence electrons. The van der Waals surface area contributed by atoms with Gasteiger partial charge in [-0.1, -0.05) is 86.6 Å². The number of amides is 2. The van der Waals surface area contributed by atoms with Crippen LogP contribution in [0.4, 0.5) is 4.79 Å². The Morgan fingerprint density at radius 1 is 0.875 bits per heavy atom. The Morgan fingerprint density at radius 3 is 2.00 bits per heavy atom. The Bertz CT molecular complexity index is 1670. The molecular weight excluding hydrogens is 651 g/mol. The minimum atomic E-state index is -4.01. The predicted molar refractivity (Wildman–Crippen MR) is 186 cm³/mol. The molecule has 0 saturated heterocycles. The highest BCUT2D eigenvalue weighted by molar-refractivity contribution is 7.89. The van der Waals surface area contributed by atoms with Crippen molar-refractivity contribution in [1.29, 1.82) is 0 Å². The zero-order valence-electron chi connectivity index (χ0n) is 27.3. The fraction of sp³-hybridized carbons (Fsp3) is 0.333. The molecule has 3 aromatic carbocycles. The van der Waals surface area contributed by atoms with E-state index in [-0.39, 0.29) is 30.5 Å². The molecule has 1 unspecified atom stereocenters. The van der Waals surface area contributed by atoms with Gasteiger partial charge in [-0.3, -0.25) is 4.79 Å². The maximum absolute atomic E-state index is 13.9. The van der Waals surface area contributed by atoms with E-state index in [9.17, 15) is 28.2 Å². The second-order valence-corrected chi connectivity index (χ2v) is 14.8. The van der Waals surface area contributed by atoms with Gasteiger partial charge in [0.15, 0.2) is 0 Å². The largest absolute Gasteiger partial charge is 0.453 e. The molecule has 2 atom stereocenters. The van der Waals surface area contributed by atoms with E-state index in [2.05, 4.69) is 10.6 Å². The number of carbonyl (C=O) groups excluding carboxylic acids is 2. The van der Waals surface area contributed by atoms with Crippen LogP contribution < -0.4 is 10.6 Å². The van der Waals surface area contributed by atoms with Crippen molar-refractivity contribution in [1.82, 2.24) is 14.9 Å². The first-order valence-electron chi connectivity index (χ1n) is 15.7. The van der Waals surface area contributed by atoms with Crippen LogP contribution >= 0.6 is 11.3 Å². The van der Waals surface area contributed by atoms with E-state index in [1.54, 1.807) is 24.3 Å². The van der Waals surface area contributed by atoms with E-state index >= 15 is 0 Å². The third-order valence-corrected chi connectivity index (χ3v) is 11.1. The van der Waals surface area contributed by atoms with Gasteiger partial charge < -0.3 is 25.6 Å². The number of sulfonamides is 1. The van der Waals surface area contributed by atoms with E-state index < -0.39 is 46.6 Å². The third kappa shape index (κ3) is 9.30. The molecule has 10 nitrogen and oxygen atoms in total. The lowest BCUT2D eigenvalue weighted by molar-refractivity contribution is -0.123. The molecule has 0 saturated carbocycles. The summed E-state index contributed by atoms with van der Waals surface area (Å²) < 4.78 is 34.0. The number of hydrogen-bond acceptors (Lipinski definition) is 8. The quantitative estimate of drug-likeness (QED) is 0.127. The molecule has 1 heterocycles. The fourth-order valence-corrected chi connectivity index (χ4v) is 8.13. The first-order chi connectivity index (χ1) is 23.1. The van der Waals surface area contributed by atoms with Gasteiger partial charge in [0.05, 0.1) is 37.8 Å². The monoisotopic (exact) mass is 693 g/mol. The molecule has 0 bridgehead atoms. The van der Waals surface area contributed by atoms with Crippen LogP contribution in [0, 0.1) is 5.92 Å². The van der Waals surface area contributed by atoms with Gasteiger partial charge in [-0.05, 0) is 53.3 Å². The number of aliphatic hydroxyl groups is 2. The molecule has 0 aliphatic rings. The van der Waals surface area contributed by atoms with Gasteiger partial charge in [0, 0.05) is 22.2 Å². The molecule has 0 spiro atoms. The second kappa shape index (κ2) is 17.4. The zero-order valence-corrected chi connectivity index (χ0v) is 28.9. The average molecular weight is 694 g/mol. The number of nitrogens with one attached hydrogen (secondary N) is 2. The van der Waals surface area contributed by atoms with Crippen LogP contribution in [0.1, 0.15) is 58.7 Å². The summed E-state index contributed by atoms with van der Waals surface area (Å²) in [5.41, 5.74) is 2.26. The smallest absolute Gasteiger partial charge is 0.407 e.